The zero-order valence-corrected chi connectivity index (χ0v) is 42.8. The van der Waals surface area contributed by atoms with Gasteiger partial charge in [0.25, 0.3) is 0 Å². The maximum absolute atomic E-state index is 4.25. The molecule has 5 aromatic carbocycles. The molecule has 0 N–H and O–H groups in total. The molecule has 0 saturated carbocycles. The summed E-state index contributed by atoms with van der Waals surface area (Å²) in [5, 5.41) is 0. The highest BCUT2D eigenvalue weighted by Gasteiger charge is 2.34. The van der Waals surface area contributed by atoms with Crippen LogP contribution in [0.4, 0.5) is 5.69 Å². The zero-order valence-electron chi connectivity index (χ0n) is 42.0. The summed E-state index contributed by atoms with van der Waals surface area (Å²) in [4.78, 5) is 6.25. The van der Waals surface area contributed by atoms with Gasteiger partial charge >= 0.3 is 0 Å². The lowest BCUT2D eigenvalue weighted by atomic mass is 9.78. The number of fused-ring (bicyclic) bond motifs is 3. The van der Waals surface area contributed by atoms with Crippen LogP contribution in [0, 0.1) is 5.41 Å². The smallest absolute Gasteiger partial charge is 0.0360 e. The van der Waals surface area contributed by atoms with Gasteiger partial charge in [-0.3, -0.25) is 0 Å². The van der Waals surface area contributed by atoms with Crippen LogP contribution < -0.4 is 4.90 Å². The van der Waals surface area contributed by atoms with Gasteiger partial charge in [0.05, 0.1) is 0 Å². The van der Waals surface area contributed by atoms with E-state index in [2.05, 4.69) is 219 Å². The summed E-state index contributed by atoms with van der Waals surface area (Å²) in [5.41, 5.74) is 10.4. The van der Waals surface area contributed by atoms with Crippen molar-refractivity contribution in [3.63, 3.8) is 0 Å². The second-order valence-corrected chi connectivity index (χ2v) is 19.3. The van der Waals surface area contributed by atoms with E-state index >= 15 is 0 Å². The van der Waals surface area contributed by atoms with Crippen molar-refractivity contribution in [3.05, 3.63) is 162 Å². The highest BCUT2D eigenvalue weighted by molar-refractivity contribution is 7.97. The van der Waals surface area contributed by atoms with E-state index < -0.39 is 0 Å². The Balaban J connectivity index is 0. The van der Waals surface area contributed by atoms with Gasteiger partial charge in [-0.1, -0.05) is 183 Å². The van der Waals surface area contributed by atoms with Crippen molar-refractivity contribution < 1.29 is 4.74 Å². The van der Waals surface area contributed by atoms with Gasteiger partial charge in [0.1, 0.15) is 0 Å². The van der Waals surface area contributed by atoms with Gasteiger partial charge in [-0.25, -0.2) is 0 Å². The van der Waals surface area contributed by atoms with E-state index in [4.69, 9.17) is 0 Å². The molecule has 334 valence electrons. The largest absolute Gasteiger partial charge is 0.388 e. The van der Waals surface area contributed by atoms with Crippen LogP contribution in [-0.2, 0) is 15.6 Å². The standard InChI is InChI=1S/C15H14.C15H16.C8H11N.C5H13N.C5H12.C3H9N.C2H6O.C2H6S/c1-15(2)13-9-5-3-7-11(13)12-8-4-6-10-14(12)15;1-15(2,13-9-5-3-6-10-13)14-11-7-4-8-12-14;1-9(2)8-6-4-3-5-7-8;1-5(2)6(3)4;1-5(2,3)4;1-4(2)3;2*1-3-2/h3-10H,1-2H3;3-12H,1-2H3;3-7H,1-2H3;5H,1-4H3;1-4H3;1-3H3;2*1-2H3. The predicted octanol–water partition coefficient (Wildman–Crippen LogP) is 14.2. The molecular weight excluding hydrogens is 751 g/mol. The number of anilines is 1. The number of methoxy groups -OCH3 is 1. The Labute approximate surface area is 375 Å². The second-order valence-electron chi connectivity index (χ2n) is 18.5. The van der Waals surface area contributed by atoms with Gasteiger partial charge in [-0.05, 0) is 113 Å². The summed E-state index contributed by atoms with van der Waals surface area (Å²) in [6, 6.07) is 49.7. The van der Waals surface area contributed by atoms with E-state index in [1.54, 1.807) is 26.0 Å². The van der Waals surface area contributed by atoms with Gasteiger partial charge in [-0.15, -0.1) is 0 Å². The topological polar surface area (TPSA) is 19.0 Å². The van der Waals surface area contributed by atoms with E-state index in [-0.39, 0.29) is 10.8 Å². The fourth-order valence-corrected chi connectivity index (χ4v) is 5.27. The van der Waals surface area contributed by atoms with Crippen molar-refractivity contribution >= 4 is 17.4 Å². The molecule has 0 atom stereocenters. The monoisotopic (exact) mass is 838 g/mol. The minimum absolute atomic E-state index is 0.0858. The summed E-state index contributed by atoms with van der Waals surface area (Å²) in [5.74, 6) is 0. The molecule has 1 aliphatic carbocycles. The van der Waals surface area contributed by atoms with E-state index in [0.717, 1.165) is 0 Å². The molecule has 0 radical (unpaired) electrons. The molecule has 0 heterocycles. The van der Waals surface area contributed by atoms with E-state index in [0.29, 0.717) is 11.5 Å². The van der Waals surface area contributed by atoms with Crippen LogP contribution in [-0.4, -0.2) is 91.9 Å². The molecule has 0 spiro atoms. The summed E-state index contributed by atoms with van der Waals surface area (Å²) >= 11 is 1.75. The van der Waals surface area contributed by atoms with E-state index in [9.17, 15) is 0 Å². The molecule has 0 unspecified atom stereocenters. The number of ether oxygens (including phenoxy) is 1. The van der Waals surface area contributed by atoms with Crippen LogP contribution in [0.1, 0.15) is 91.5 Å². The first-order valence-electron chi connectivity index (χ1n) is 21.0. The SMILES string of the molecule is CC(C)(C)C.CC(C)(c1ccccc1)c1ccccc1.CC(C)N(C)C.CC1(C)c2ccccc2-c2ccccc21.CN(C)C.CN(C)c1ccccc1.COC.CSC. The molecule has 0 aliphatic heterocycles. The van der Waals surface area contributed by atoms with Crippen LogP contribution in [0.2, 0.25) is 0 Å². The Morgan fingerprint density at radius 1 is 0.500 bits per heavy atom. The lowest BCUT2D eigenvalue weighted by molar-refractivity contribution is 0.277. The first-order valence-corrected chi connectivity index (χ1v) is 22.7. The van der Waals surface area contributed by atoms with Crippen molar-refractivity contribution in [3.8, 4) is 11.1 Å². The number of hydrogen-bond donors (Lipinski definition) is 0. The normalized spacial score (nSPS) is 11.5. The number of thioether (sulfide) groups is 1. The molecule has 5 heteroatoms. The van der Waals surface area contributed by atoms with Crippen molar-refractivity contribution in [2.75, 3.05) is 81.0 Å². The Morgan fingerprint density at radius 2 is 0.733 bits per heavy atom. The fraction of sp³-hybridized carbons (Fsp3) is 0.455. The molecule has 0 aromatic heterocycles. The molecule has 6 rings (SSSR count). The lowest BCUT2D eigenvalue weighted by Crippen LogP contribution is -2.20. The van der Waals surface area contributed by atoms with Crippen LogP contribution in [0.25, 0.3) is 11.1 Å². The molecule has 1 aliphatic rings. The van der Waals surface area contributed by atoms with Gasteiger partial charge in [0, 0.05) is 50.9 Å². The van der Waals surface area contributed by atoms with Crippen molar-refractivity contribution in [2.45, 2.75) is 86.1 Å². The number of rotatable bonds is 4. The number of nitrogens with zero attached hydrogens (tertiary/aromatic N) is 3. The maximum Gasteiger partial charge on any atom is 0.0360 e. The fourth-order valence-electron chi connectivity index (χ4n) is 5.27. The molecule has 5 aromatic rings. The van der Waals surface area contributed by atoms with E-state index in [1.165, 1.54) is 39.1 Å². The minimum atomic E-state index is 0.0858. The summed E-state index contributed by atoms with van der Waals surface area (Å²) < 4.78 is 4.25. The Morgan fingerprint density at radius 3 is 0.967 bits per heavy atom. The Kier molecular flexibility index (Phi) is 30.1. The van der Waals surface area contributed by atoms with Crippen LogP contribution in [0.5, 0.6) is 0 Å². The van der Waals surface area contributed by atoms with Crippen molar-refractivity contribution in [1.29, 1.82) is 0 Å². The highest BCUT2D eigenvalue weighted by Crippen LogP contribution is 2.48. The lowest BCUT2D eigenvalue weighted by Gasteiger charge is -2.25. The first-order chi connectivity index (χ1) is 27.9. The summed E-state index contributed by atoms with van der Waals surface area (Å²) in [7, 11) is 17.5. The molecule has 0 fully saturated rings. The predicted molar refractivity (Wildman–Crippen MR) is 276 cm³/mol. The Bertz CT molecular complexity index is 1640. The van der Waals surface area contributed by atoms with Gasteiger partial charge < -0.3 is 19.4 Å². The van der Waals surface area contributed by atoms with Crippen molar-refractivity contribution in [1.82, 2.24) is 9.80 Å². The van der Waals surface area contributed by atoms with Gasteiger partial charge in [-0.2, -0.15) is 11.8 Å². The second kappa shape index (κ2) is 31.0. The molecule has 60 heavy (non-hydrogen) atoms. The van der Waals surface area contributed by atoms with Gasteiger partial charge in [0.2, 0.25) is 0 Å². The maximum atomic E-state index is 4.25. The number of benzene rings is 5. The molecule has 0 saturated heterocycles. The summed E-state index contributed by atoms with van der Waals surface area (Å²) in [6.45, 7) is 22.2. The van der Waals surface area contributed by atoms with E-state index in [1.807, 2.05) is 70.8 Å². The third kappa shape index (κ3) is 25.0. The number of hydrogen-bond acceptors (Lipinski definition) is 5. The number of para-hydroxylation sites is 1. The zero-order chi connectivity index (χ0) is 46.5. The average Bonchev–Trinajstić information content (AvgIpc) is 3.42. The van der Waals surface area contributed by atoms with Crippen LogP contribution >= 0.6 is 11.8 Å². The third-order valence-corrected chi connectivity index (χ3v) is 8.79. The molecule has 0 amide bonds. The van der Waals surface area contributed by atoms with Gasteiger partial charge in [0.15, 0.2) is 0 Å². The van der Waals surface area contributed by atoms with Crippen molar-refractivity contribution in [2.24, 2.45) is 5.41 Å². The van der Waals surface area contributed by atoms with Crippen LogP contribution in [0.3, 0.4) is 0 Å². The first kappa shape index (κ1) is 58.2. The molecule has 0 bridgehead atoms. The quantitative estimate of drug-likeness (QED) is 0.179. The Hall–Kier alpha value is -3.87. The van der Waals surface area contributed by atoms with Crippen LogP contribution in [0.15, 0.2) is 140 Å². The highest BCUT2D eigenvalue weighted by atomic mass is 32.2. The third-order valence-electron chi connectivity index (χ3n) is 8.79. The molecule has 4 nitrogen and oxygen atoms in total. The molecular formula is C55H87N3OS. The summed E-state index contributed by atoms with van der Waals surface area (Å²) in [6.07, 6.45) is 4.08. The average molecular weight is 838 g/mol. The minimum Gasteiger partial charge on any atom is -0.388 e.